The second-order valence-corrected chi connectivity index (χ2v) is 4.96. The highest BCUT2D eigenvalue weighted by atomic mass is 32.1. The Bertz CT molecular complexity index is 472. The number of piperazine rings is 1. The Hall–Kier alpha value is -1.40. The fraction of sp³-hybridized carbons (Fsp3) is 0.700. The lowest BCUT2D eigenvalue weighted by atomic mass is 10.2. The maximum atomic E-state index is 12.4. The lowest BCUT2D eigenvalue weighted by Crippen LogP contribution is -2.49. The van der Waals surface area contributed by atoms with E-state index in [1.54, 1.807) is 4.90 Å². The predicted molar refractivity (Wildman–Crippen MR) is 63.8 cm³/mol. The van der Waals surface area contributed by atoms with E-state index in [0.29, 0.717) is 26.2 Å². The van der Waals surface area contributed by atoms with Crippen LogP contribution in [0.1, 0.15) is 12.7 Å². The molecule has 1 atom stereocenters. The van der Waals surface area contributed by atoms with Crippen LogP contribution in [-0.2, 0) is 6.18 Å². The average Bonchev–Trinajstić information content (AvgIpc) is 2.87. The molecule has 0 aliphatic carbocycles. The fourth-order valence-corrected chi connectivity index (χ4v) is 2.58. The Morgan fingerprint density at radius 1 is 1.32 bits per heavy atom. The van der Waals surface area contributed by atoms with Gasteiger partial charge in [0.15, 0.2) is 0 Å². The minimum atomic E-state index is -4.49. The van der Waals surface area contributed by atoms with Gasteiger partial charge >= 0.3 is 6.18 Å². The van der Waals surface area contributed by atoms with E-state index >= 15 is 0 Å². The van der Waals surface area contributed by atoms with Gasteiger partial charge in [0.25, 0.3) is 0 Å². The molecule has 0 bridgehead atoms. The largest absolute Gasteiger partial charge is 0.452 e. The molecule has 0 spiro atoms. The quantitative estimate of drug-likeness (QED) is 0.828. The van der Waals surface area contributed by atoms with Crippen LogP contribution in [0.5, 0.6) is 0 Å². The SMILES string of the molecule is CC(C#N)N1CCN(c2nc(C(F)(F)F)ns2)CC1. The third kappa shape index (κ3) is 3.13. The molecule has 0 amide bonds. The van der Waals surface area contributed by atoms with Crippen molar-refractivity contribution in [3.05, 3.63) is 5.82 Å². The number of halogens is 3. The van der Waals surface area contributed by atoms with Crippen LogP contribution in [0.15, 0.2) is 0 Å². The number of rotatable bonds is 2. The van der Waals surface area contributed by atoms with Gasteiger partial charge in [0.1, 0.15) is 0 Å². The molecule has 0 N–H and O–H groups in total. The van der Waals surface area contributed by atoms with Crippen molar-refractivity contribution in [2.24, 2.45) is 0 Å². The van der Waals surface area contributed by atoms with Crippen molar-refractivity contribution in [2.75, 3.05) is 31.1 Å². The molecule has 1 aliphatic heterocycles. The van der Waals surface area contributed by atoms with Crippen LogP contribution in [0, 0.1) is 11.3 Å². The smallest absolute Gasteiger partial charge is 0.344 e. The Morgan fingerprint density at radius 2 is 1.95 bits per heavy atom. The minimum Gasteiger partial charge on any atom is -0.344 e. The molecule has 9 heteroatoms. The maximum absolute atomic E-state index is 12.4. The number of hydrogen-bond acceptors (Lipinski definition) is 6. The lowest BCUT2D eigenvalue weighted by Gasteiger charge is -2.35. The van der Waals surface area contributed by atoms with E-state index in [0.717, 1.165) is 11.5 Å². The summed E-state index contributed by atoms with van der Waals surface area (Å²) < 4.78 is 40.5. The van der Waals surface area contributed by atoms with Crippen LogP contribution < -0.4 is 4.90 Å². The van der Waals surface area contributed by atoms with Crippen molar-refractivity contribution in [1.29, 1.82) is 5.26 Å². The van der Waals surface area contributed by atoms with Crippen molar-refractivity contribution < 1.29 is 13.2 Å². The zero-order chi connectivity index (χ0) is 14.0. The minimum absolute atomic E-state index is 0.178. The summed E-state index contributed by atoms with van der Waals surface area (Å²) in [6.07, 6.45) is -4.49. The molecule has 1 aromatic heterocycles. The molecular weight excluding hydrogens is 279 g/mol. The van der Waals surface area contributed by atoms with Gasteiger partial charge in [-0.3, -0.25) is 4.90 Å². The van der Waals surface area contributed by atoms with Crippen LogP contribution in [0.4, 0.5) is 18.3 Å². The van der Waals surface area contributed by atoms with Crippen LogP contribution >= 0.6 is 11.5 Å². The molecule has 2 heterocycles. The van der Waals surface area contributed by atoms with Gasteiger partial charge in [-0.05, 0) is 6.92 Å². The molecule has 5 nitrogen and oxygen atoms in total. The van der Waals surface area contributed by atoms with Gasteiger partial charge < -0.3 is 4.90 Å². The summed E-state index contributed by atoms with van der Waals surface area (Å²) in [4.78, 5) is 7.28. The summed E-state index contributed by atoms with van der Waals surface area (Å²) in [6, 6.07) is 1.97. The Balaban J connectivity index is 1.99. The summed E-state index contributed by atoms with van der Waals surface area (Å²) >= 11 is 0.760. The van der Waals surface area contributed by atoms with Crippen LogP contribution in [0.3, 0.4) is 0 Å². The lowest BCUT2D eigenvalue weighted by molar-refractivity contribution is -0.144. The van der Waals surface area contributed by atoms with Gasteiger partial charge in [-0.15, -0.1) is 0 Å². The molecule has 1 saturated heterocycles. The zero-order valence-corrected chi connectivity index (χ0v) is 11.0. The third-order valence-corrected chi connectivity index (χ3v) is 3.77. The van der Waals surface area contributed by atoms with Crippen molar-refractivity contribution in [2.45, 2.75) is 19.1 Å². The molecule has 0 radical (unpaired) electrons. The number of nitriles is 1. The summed E-state index contributed by atoms with van der Waals surface area (Å²) in [5, 5.41) is 9.10. The van der Waals surface area contributed by atoms with E-state index in [-0.39, 0.29) is 11.2 Å². The molecule has 2 rings (SSSR count). The topological polar surface area (TPSA) is 56.1 Å². The maximum Gasteiger partial charge on any atom is 0.452 e. The van der Waals surface area contributed by atoms with E-state index in [1.165, 1.54) is 0 Å². The van der Waals surface area contributed by atoms with Gasteiger partial charge in [-0.2, -0.15) is 27.8 Å². The molecule has 1 aliphatic rings. The number of anilines is 1. The Labute approximate surface area is 112 Å². The third-order valence-electron chi connectivity index (χ3n) is 2.99. The molecule has 1 fully saturated rings. The molecule has 0 aromatic carbocycles. The van der Waals surface area contributed by atoms with Gasteiger partial charge in [0, 0.05) is 37.7 Å². The summed E-state index contributed by atoms with van der Waals surface area (Å²) in [7, 11) is 0. The molecule has 104 valence electrons. The van der Waals surface area contributed by atoms with E-state index in [4.69, 9.17) is 5.26 Å². The van der Waals surface area contributed by atoms with Crippen molar-refractivity contribution >= 4 is 16.7 Å². The van der Waals surface area contributed by atoms with Crippen LogP contribution in [-0.4, -0.2) is 46.5 Å². The van der Waals surface area contributed by atoms with Crippen molar-refractivity contribution in [3.63, 3.8) is 0 Å². The van der Waals surface area contributed by atoms with Gasteiger partial charge in [-0.1, -0.05) is 0 Å². The number of hydrogen-bond donors (Lipinski definition) is 0. The first-order valence-corrected chi connectivity index (χ1v) is 6.48. The molecule has 19 heavy (non-hydrogen) atoms. The molecule has 0 saturated carbocycles. The second kappa shape index (κ2) is 5.30. The fourth-order valence-electron chi connectivity index (χ4n) is 1.84. The van der Waals surface area contributed by atoms with E-state index in [1.807, 2.05) is 11.8 Å². The molecule has 1 unspecified atom stereocenters. The first-order valence-electron chi connectivity index (χ1n) is 5.71. The zero-order valence-electron chi connectivity index (χ0n) is 10.2. The van der Waals surface area contributed by atoms with Gasteiger partial charge in [0.2, 0.25) is 11.0 Å². The number of nitrogens with zero attached hydrogens (tertiary/aromatic N) is 5. The first kappa shape index (κ1) is 14.0. The Kier molecular flexibility index (Phi) is 3.91. The molecule has 1 aromatic rings. The number of alkyl halides is 3. The summed E-state index contributed by atoms with van der Waals surface area (Å²) in [5.74, 6) is -1.08. The van der Waals surface area contributed by atoms with Crippen molar-refractivity contribution in [3.8, 4) is 6.07 Å². The highest BCUT2D eigenvalue weighted by Crippen LogP contribution is 2.30. The number of aromatic nitrogens is 2. The second-order valence-electron chi connectivity index (χ2n) is 4.23. The van der Waals surface area contributed by atoms with Crippen LogP contribution in [0.2, 0.25) is 0 Å². The summed E-state index contributed by atoms with van der Waals surface area (Å²) in [5.41, 5.74) is 0. The molecular formula is C10H12F3N5S. The average molecular weight is 291 g/mol. The normalized spacial score (nSPS) is 19.2. The van der Waals surface area contributed by atoms with Crippen molar-refractivity contribution in [1.82, 2.24) is 14.3 Å². The van der Waals surface area contributed by atoms with Gasteiger partial charge in [0.05, 0.1) is 12.1 Å². The van der Waals surface area contributed by atoms with Crippen LogP contribution in [0.25, 0.3) is 0 Å². The van der Waals surface area contributed by atoms with E-state index < -0.39 is 12.0 Å². The van der Waals surface area contributed by atoms with Gasteiger partial charge in [-0.25, -0.2) is 0 Å². The Morgan fingerprint density at radius 3 is 2.42 bits per heavy atom. The highest BCUT2D eigenvalue weighted by Gasteiger charge is 2.37. The monoisotopic (exact) mass is 291 g/mol. The summed E-state index contributed by atoms with van der Waals surface area (Å²) in [6.45, 7) is 4.19. The standard InChI is InChI=1S/C10H12F3N5S/c1-7(6-14)17-2-4-18(5-3-17)9-15-8(16-19-9)10(11,12)13/h7H,2-5H2,1H3. The first-order chi connectivity index (χ1) is 8.91. The van der Waals surface area contributed by atoms with E-state index in [9.17, 15) is 13.2 Å². The van der Waals surface area contributed by atoms with E-state index in [2.05, 4.69) is 15.4 Å². The predicted octanol–water partition coefficient (Wildman–Crippen LogP) is 1.59. The highest BCUT2D eigenvalue weighted by molar-refractivity contribution is 7.09.